The van der Waals surface area contributed by atoms with Crippen LogP contribution in [-0.2, 0) is 13.1 Å². The van der Waals surface area contributed by atoms with E-state index in [9.17, 15) is 0 Å². The Labute approximate surface area is 110 Å². The zero-order valence-corrected chi connectivity index (χ0v) is 11.7. The molecule has 0 saturated carbocycles. The van der Waals surface area contributed by atoms with E-state index in [1.54, 1.807) is 0 Å². The van der Waals surface area contributed by atoms with E-state index in [0.29, 0.717) is 6.04 Å². The van der Waals surface area contributed by atoms with Gasteiger partial charge in [-0.05, 0) is 38.9 Å². The van der Waals surface area contributed by atoms with E-state index in [-0.39, 0.29) is 0 Å². The number of likely N-dealkylation sites (N-methyl/N-ethyl adjacent to an activating group) is 1. The standard InChI is InChI=1S/C14H26N4/c1-3-7-15-9-14-10-16-12-18(14)11-13-6-5-8-17(13)4-2/h10,12-13,15H,3-9,11H2,1-2H3. The van der Waals surface area contributed by atoms with Crippen molar-refractivity contribution in [1.29, 1.82) is 0 Å². The normalized spacial score (nSPS) is 20.7. The molecule has 1 unspecified atom stereocenters. The van der Waals surface area contributed by atoms with Crippen LogP contribution in [0.25, 0.3) is 0 Å². The van der Waals surface area contributed by atoms with Crippen LogP contribution in [0, 0.1) is 0 Å². The van der Waals surface area contributed by atoms with Crippen molar-refractivity contribution in [2.24, 2.45) is 0 Å². The zero-order valence-electron chi connectivity index (χ0n) is 11.7. The van der Waals surface area contributed by atoms with Crippen LogP contribution in [0.15, 0.2) is 12.5 Å². The fourth-order valence-corrected chi connectivity index (χ4v) is 2.80. The topological polar surface area (TPSA) is 33.1 Å². The summed E-state index contributed by atoms with van der Waals surface area (Å²) in [5, 5.41) is 3.45. The lowest BCUT2D eigenvalue weighted by Gasteiger charge is -2.23. The number of nitrogens with zero attached hydrogens (tertiary/aromatic N) is 3. The van der Waals surface area contributed by atoms with E-state index in [4.69, 9.17) is 0 Å². The van der Waals surface area contributed by atoms with Crippen LogP contribution >= 0.6 is 0 Å². The summed E-state index contributed by atoms with van der Waals surface area (Å²) in [7, 11) is 0. The third-order valence-corrected chi connectivity index (χ3v) is 3.84. The summed E-state index contributed by atoms with van der Waals surface area (Å²) in [5.41, 5.74) is 1.31. The molecule has 102 valence electrons. The molecule has 0 aromatic carbocycles. The fourth-order valence-electron chi connectivity index (χ4n) is 2.80. The fraction of sp³-hybridized carbons (Fsp3) is 0.786. The van der Waals surface area contributed by atoms with Gasteiger partial charge in [0.05, 0.1) is 12.0 Å². The Bertz CT molecular complexity index is 347. The van der Waals surface area contributed by atoms with Crippen molar-refractivity contribution in [3.63, 3.8) is 0 Å². The van der Waals surface area contributed by atoms with Gasteiger partial charge in [-0.25, -0.2) is 4.98 Å². The average Bonchev–Trinajstić information content (AvgIpc) is 3.00. The maximum absolute atomic E-state index is 4.30. The third-order valence-electron chi connectivity index (χ3n) is 3.84. The number of aromatic nitrogens is 2. The molecule has 1 atom stereocenters. The molecule has 4 heteroatoms. The van der Waals surface area contributed by atoms with E-state index < -0.39 is 0 Å². The lowest BCUT2D eigenvalue weighted by molar-refractivity contribution is 0.242. The maximum Gasteiger partial charge on any atom is 0.0949 e. The van der Waals surface area contributed by atoms with Gasteiger partial charge in [-0.2, -0.15) is 0 Å². The second kappa shape index (κ2) is 6.90. The molecule has 0 radical (unpaired) electrons. The van der Waals surface area contributed by atoms with Crippen molar-refractivity contribution in [1.82, 2.24) is 19.8 Å². The van der Waals surface area contributed by atoms with E-state index in [2.05, 4.69) is 33.6 Å². The zero-order chi connectivity index (χ0) is 12.8. The first-order valence-corrected chi connectivity index (χ1v) is 7.29. The lowest BCUT2D eigenvalue weighted by atomic mass is 10.2. The quantitative estimate of drug-likeness (QED) is 0.750. The molecular weight excluding hydrogens is 224 g/mol. The summed E-state index contributed by atoms with van der Waals surface area (Å²) in [5.74, 6) is 0. The van der Waals surface area contributed by atoms with E-state index in [1.165, 1.54) is 38.0 Å². The van der Waals surface area contributed by atoms with Gasteiger partial charge in [0, 0.05) is 25.3 Å². The summed E-state index contributed by atoms with van der Waals surface area (Å²) < 4.78 is 2.32. The van der Waals surface area contributed by atoms with E-state index >= 15 is 0 Å². The molecule has 0 aliphatic carbocycles. The molecule has 2 heterocycles. The lowest BCUT2D eigenvalue weighted by Crippen LogP contribution is -2.33. The maximum atomic E-state index is 4.30. The number of hydrogen-bond donors (Lipinski definition) is 1. The Balaban J connectivity index is 1.90. The number of hydrogen-bond acceptors (Lipinski definition) is 3. The molecule has 0 amide bonds. The minimum atomic E-state index is 0.703. The van der Waals surface area contributed by atoms with Gasteiger partial charge >= 0.3 is 0 Å². The Morgan fingerprint density at radius 1 is 1.44 bits per heavy atom. The number of nitrogens with one attached hydrogen (secondary N) is 1. The van der Waals surface area contributed by atoms with Crippen molar-refractivity contribution < 1.29 is 0 Å². The van der Waals surface area contributed by atoms with Crippen LogP contribution < -0.4 is 5.32 Å². The molecule has 2 rings (SSSR count). The van der Waals surface area contributed by atoms with E-state index in [0.717, 1.165) is 19.6 Å². The highest BCUT2D eigenvalue weighted by molar-refractivity contribution is 4.99. The molecule has 4 nitrogen and oxygen atoms in total. The predicted molar refractivity (Wildman–Crippen MR) is 74.5 cm³/mol. The second-order valence-corrected chi connectivity index (χ2v) is 5.14. The van der Waals surface area contributed by atoms with Crippen LogP contribution in [0.3, 0.4) is 0 Å². The molecular formula is C14H26N4. The van der Waals surface area contributed by atoms with Gasteiger partial charge in [0.2, 0.25) is 0 Å². The molecule has 1 fully saturated rings. The smallest absolute Gasteiger partial charge is 0.0949 e. The average molecular weight is 250 g/mol. The van der Waals surface area contributed by atoms with Crippen molar-refractivity contribution >= 4 is 0 Å². The van der Waals surface area contributed by atoms with Gasteiger partial charge < -0.3 is 9.88 Å². The molecule has 1 aliphatic heterocycles. The van der Waals surface area contributed by atoms with Gasteiger partial charge in [-0.3, -0.25) is 4.90 Å². The molecule has 1 aliphatic rings. The van der Waals surface area contributed by atoms with Crippen LogP contribution in [0.4, 0.5) is 0 Å². The minimum Gasteiger partial charge on any atom is -0.332 e. The summed E-state index contributed by atoms with van der Waals surface area (Å²) in [6.07, 6.45) is 7.83. The van der Waals surface area contributed by atoms with E-state index in [1.807, 2.05) is 12.5 Å². The Morgan fingerprint density at radius 3 is 3.11 bits per heavy atom. The molecule has 1 N–H and O–H groups in total. The summed E-state index contributed by atoms with van der Waals surface area (Å²) in [4.78, 5) is 6.88. The van der Waals surface area contributed by atoms with Crippen LogP contribution in [0.2, 0.25) is 0 Å². The molecule has 1 aromatic heterocycles. The Kier molecular flexibility index (Phi) is 5.20. The Morgan fingerprint density at radius 2 is 2.33 bits per heavy atom. The third kappa shape index (κ3) is 3.33. The minimum absolute atomic E-state index is 0.703. The van der Waals surface area contributed by atoms with Crippen molar-refractivity contribution in [3.8, 4) is 0 Å². The summed E-state index contributed by atoms with van der Waals surface area (Å²) in [6.45, 7) is 10.00. The highest BCUT2D eigenvalue weighted by Gasteiger charge is 2.23. The highest BCUT2D eigenvalue weighted by atomic mass is 15.2. The number of imidazole rings is 1. The molecule has 0 bridgehead atoms. The van der Waals surface area contributed by atoms with Gasteiger partial charge in [0.25, 0.3) is 0 Å². The van der Waals surface area contributed by atoms with Crippen LogP contribution in [-0.4, -0.2) is 40.1 Å². The summed E-state index contributed by atoms with van der Waals surface area (Å²) >= 11 is 0. The van der Waals surface area contributed by atoms with Crippen LogP contribution in [0.1, 0.15) is 38.8 Å². The molecule has 1 aromatic rings. The largest absolute Gasteiger partial charge is 0.332 e. The second-order valence-electron chi connectivity index (χ2n) is 5.14. The van der Waals surface area contributed by atoms with Gasteiger partial charge in [-0.1, -0.05) is 13.8 Å². The predicted octanol–water partition coefficient (Wildman–Crippen LogP) is 1.87. The Hall–Kier alpha value is -0.870. The van der Waals surface area contributed by atoms with Gasteiger partial charge in [-0.15, -0.1) is 0 Å². The molecule has 1 saturated heterocycles. The number of likely N-dealkylation sites (tertiary alicyclic amines) is 1. The van der Waals surface area contributed by atoms with Crippen molar-refractivity contribution in [2.75, 3.05) is 19.6 Å². The van der Waals surface area contributed by atoms with Crippen molar-refractivity contribution in [2.45, 2.75) is 52.2 Å². The first-order chi connectivity index (χ1) is 8.85. The summed E-state index contributed by atoms with van der Waals surface area (Å²) in [6, 6.07) is 0.703. The molecule has 0 spiro atoms. The molecule has 18 heavy (non-hydrogen) atoms. The SMILES string of the molecule is CCCNCc1cncn1CC1CCCN1CC. The van der Waals surface area contributed by atoms with Crippen LogP contribution in [0.5, 0.6) is 0 Å². The first kappa shape index (κ1) is 13.6. The van der Waals surface area contributed by atoms with Gasteiger partial charge in [0.15, 0.2) is 0 Å². The van der Waals surface area contributed by atoms with Crippen molar-refractivity contribution in [3.05, 3.63) is 18.2 Å². The highest BCUT2D eigenvalue weighted by Crippen LogP contribution is 2.18. The van der Waals surface area contributed by atoms with Gasteiger partial charge in [0.1, 0.15) is 0 Å². The first-order valence-electron chi connectivity index (χ1n) is 7.29. The monoisotopic (exact) mass is 250 g/mol. The number of rotatable bonds is 7.